The quantitative estimate of drug-likeness (QED) is 0.858. The van der Waals surface area contributed by atoms with E-state index in [-0.39, 0.29) is 6.61 Å². The Morgan fingerprint density at radius 3 is 2.56 bits per heavy atom. The monoisotopic (exact) mass is 263 g/mol. The minimum atomic E-state index is -4.20. The number of hydrogen-bond donors (Lipinski definition) is 2. The fraction of sp³-hybridized carbons (Fsp3) is 0.500. The second-order valence-electron chi connectivity index (χ2n) is 4.05. The molecule has 1 unspecified atom stereocenters. The van der Waals surface area contributed by atoms with Crippen molar-refractivity contribution in [2.75, 3.05) is 12.4 Å². The van der Waals surface area contributed by atoms with Gasteiger partial charge in [-0.3, -0.25) is 0 Å². The van der Waals surface area contributed by atoms with Gasteiger partial charge in [0.2, 0.25) is 0 Å². The summed E-state index contributed by atoms with van der Waals surface area (Å²) in [5.74, 6) is 0.506. The maximum atomic E-state index is 12.2. The molecule has 0 heterocycles. The topological polar surface area (TPSA) is 41.5 Å². The van der Waals surface area contributed by atoms with E-state index in [1.807, 2.05) is 0 Å². The van der Waals surface area contributed by atoms with Gasteiger partial charge >= 0.3 is 6.18 Å². The molecular formula is C12H16F3NO2. The van der Waals surface area contributed by atoms with Crippen LogP contribution in [0.4, 0.5) is 18.9 Å². The lowest BCUT2D eigenvalue weighted by atomic mass is 10.1. The van der Waals surface area contributed by atoms with Gasteiger partial charge < -0.3 is 15.2 Å². The maximum absolute atomic E-state index is 12.2. The Bertz CT molecular complexity index is 393. The summed E-state index contributed by atoms with van der Waals surface area (Å²) in [4.78, 5) is 0. The van der Waals surface area contributed by atoms with Crippen molar-refractivity contribution in [3.8, 4) is 5.75 Å². The second kappa shape index (κ2) is 5.95. The van der Waals surface area contributed by atoms with E-state index in [0.29, 0.717) is 17.0 Å². The van der Waals surface area contributed by atoms with E-state index in [2.05, 4.69) is 5.32 Å². The molecule has 0 aromatic heterocycles. The van der Waals surface area contributed by atoms with Crippen molar-refractivity contribution in [3.63, 3.8) is 0 Å². The number of methoxy groups -OCH3 is 1. The summed E-state index contributed by atoms with van der Waals surface area (Å²) in [6, 6.07) is 4.06. The van der Waals surface area contributed by atoms with E-state index >= 15 is 0 Å². The fourth-order valence-electron chi connectivity index (χ4n) is 1.67. The van der Waals surface area contributed by atoms with Gasteiger partial charge in [-0.15, -0.1) is 0 Å². The van der Waals surface area contributed by atoms with E-state index in [4.69, 9.17) is 9.84 Å². The third-order valence-electron chi connectivity index (χ3n) is 2.40. The molecule has 0 amide bonds. The van der Waals surface area contributed by atoms with E-state index in [1.165, 1.54) is 14.0 Å². The molecule has 1 aromatic rings. The van der Waals surface area contributed by atoms with Gasteiger partial charge in [0.15, 0.2) is 0 Å². The Balaban J connectivity index is 2.73. The smallest absolute Gasteiger partial charge is 0.391 e. The average Bonchev–Trinajstić information content (AvgIpc) is 2.26. The summed E-state index contributed by atoms with van der Waals surface area (Å²) in [6.07, 6.45) is -5.10. The Morgan fingerprint density at radius 2 is 2.06 bits per heavy atom. The SMILES string of the molecule is COc1ccc(NC(C)CC(F)(F)F)cc1CO. The van der Waals surface area contributed by atoms with Crippen LogP contribution in [0.25, 0.3) is 0 Å². The predicted octanol–water partition coefficient (Wildman–Crippen LogP) is 2.94. The molecule has 1 aromatic carbocycles. The lowest BCUT2D eigenvalue weighted by molar-refractivity contribution is -0.136. The molecule has 6 heteroatoms. The van der Waals surface area contributed by atoms with Crippen LogP contribution in [-0.4, -0.2) is 24.4 Å². The number of aliphatic hydroxyl groups excluding tert-OH is 1. The number of hydrogen-bond acceptors (Lipinski definition) is 3. The number of halogens is 3. The number of nitrogens with one attached hydrogen (secondary N) is 1. The Kier molecular flexibility index (Phi) is 4.84. The molecule has 102 valence electrons. The van der Waals surface area contributed by atoms with E-state index < -0.39 is 18.6 Å². The highest BCUT2D eigenvalue weighted by molar-refractivity contribution is 5.51. The van der Waals surface area contributed by atoms with Gasteiger partial charge in [0.1, 0.15) is 5.75 Å². The number of ether oxygens (including phenoxy) is 1. The maximum Gasteiger partial charge on any atom is 0.391 e. The molecule has 1 atom stereocenters. The van der Waals surface area contributed by atoms with E-state index in [9.17, 15) is 13.2 Å². The third kappa shape index (κ3) is 4.44. The number of aliphatic hydroxyl groups is 1. The first kappa shape index (κ1) is 14.6. The predicted molar refractivity (Wildman–Crippen MR) is 62.7 cm³/mol. The first-order valence-corrected chi connectivity index (χ1v) is 5.46. The zero-order valence-corrected chi connectivity index (χ0v) is 10.2. The van der Waals surface area contributed by atoms with Gasteiger partial charge in [-0.05, 0) is 25.1 Å². The molecule has 1 rings (SSSR count). The summed E-state index contributed by atoms with van der Waals surface area (Å²) in [5, 5.41) is 11.8. The summed E-state index contributed by atoms with van der Waals surface area (Å²) < 4.78 is 41.5. The normalized spacial score (nSPS) is 13.2. The molecule has 0 bridgehead atoms. The minimum Gasteiger partial charge on any atom is -0.496 e. The van der Waals surface area contributed by atoms with Crippen molar-refractivity contribution < 1.29 is 23.0 Å². The molecule has 0 aliphatic heterocycles. The highest BCUT2D eigenvalue weighted by atomic mass is 19.4. The van der Waals surface area contributed by atoms with Gasteiger partial charge in [-0.2, -0.15) is 13.2 Å². The van der Waals surface area contributed by atoms with Gasteiger partial charge in [-0.25, -0.2) is 0 Å². The van der Waals surface area contributed by atoms with Crippen molar-refractivity contribution in [2.45, 2.75) is 32.2 Å². The van der Waals surface area contributed by atoms with Gasteiger partial charge in [-0.1, -0.05) is 0 Å². The number of alkyl halides is 3. The van der Waals surface area contributed by atoms with Crippen LogP contribution in [0.3, 0.4) is 0 Å². The Hall–Kier alpha value is -1.43. The molecule has 0 saturated carbocycles. The molecule has 0 radical (unpaired) electrons. The van der Waals surface area contributed by atoms with Crippen LogP contribution in [0.2, 0.25) is 0 Å². The van der Waals surface area contributed by atoms with Crippen LogP contribution in [0.5, 0.6) is 5.75 Å². The first-order valence-electron chi connectivity index (χ1n) is 5.46. The summed E-state index contributed by atoms with van der Waals surface area (Å²) in [7, 11) is 1.47. The first-order chi connectivity index (χ1) is 8.35. The van der Waals surface area contributed by atoms with Gasteiger partial charge in [0.25, 0.3) is 0 Å². The Labute approximate surface area is 104 Å². The number of benzene rings is 1. The van der Waals surface area contributed by atoms with Crippen molar-refractivity contribution >= 4 is 5.69 Å². The third-order valence-corrected chi connectivity index (χ3v) is 2.40. The lowest BCUT2D eigenvalue weighted by Gasteiger charge is -2.18. The standard InChI is InChI=1S/C12H16F3NO2/c1-8(6-12(13,14)15)16-10-3-4-11(18-2)9(5-10)7-17/h3-5,8,16-17H,6-7H2,1-2H3. The largest absolute Gasteiger partial charge is 0.496 e. The van der Waals surface area contributed by atoms with Crippen LogP contribution < -0.4 is 10.1 Å². The molecule has 0 aliphatic carbocycles. The summed E-state index contributed by atoms with van der Waals surface area (Å²) >= 11 is 0. The lowest BCUT2D eigenvalue weighted by Crippen LogP contribution is -2.23. The zero-order chi connectivity index (χ0) is 13.8. The molecular weight excluding hydrogens is 247 g/mol. The van der Waals surface area contributed by atoms with Crippen molar-refractivity contribution in [3.05, 3.63) is 23.8 Å². The van der Waals surface area contributed by atoms with Crippen LogP contribution in [0.1, 0.15) is 18.9 Å². The van der Waals surface area contributed by atoms with Gasteiger partial charge in [0.05, 0.1) is 20.1 Å². The van der Waals surface area contributed by atoms with Gasteiger partial charge in [0, 0.05) is 17.3 Å². The highest BCUT2D eigenvalue weighted by Crippen LogP contribution is 2.26. The van der Waals surface area contributed by atoms with Crippen molar-refractivity contribution in [1.29, 1.82) is 0 Å². The average molecular weight is 263 g/mol. The van der Waals surface area contributed by atoms with E-state index in [1.54, 1.807) is 18.2 Å². The number of anilines is 1. The number of rotatable bonds is 5. The molecule has 0 saturated heterocycles. The molecule has 2 N–H and O–H groups in total. The van der Waals surface area contributed by atoms with Crippen LogP contribution in [0.15, 0.2) is 18.2 Å². The second-order valence-corrected chi connectivity index (χ2v) is 4.05. The minimum absolute atomic E-state index is 0.230. The molecule has 18 heavy (non-hydrogen) atoms. The van der Waals surface area contributed by atoms with Crippen LogP contribution >= 0.6 is 0 Å². The summed E-state index contributed by atoms with van der Waals surface area (Å²) in [5.41, 5.74) is 1.05. The van der Waals surface area contributed by atoms with Crippen LogP contribution in [-0.2, 0) is 6.61 Å². The highest BCUT2D eigenvalue weighted by Gasteiger charge is 2.29. The molecule has 0 fully saturated rings. The fourth-order valence-corrected chi connectivity index (χ4v) is 1.67. The molecule has 0 aliphatic rings. The summed E-state index contributed by atoms with van der Waals surface area (Å²) in [6.45, 7) is 1.22. The molecule has 0 spiro atoms. The Morgan fingerprint density at radius 1 is 1.39 bits per heavy atom. The molecule has 3 nitrogen and oxygen atoms in total. The zero-order valence-electron chi connectivity index (χ0n) is 10.2. The van der Waals surface area contributed by atoms with Crippen LogP contribution in [0, 0.1) is 0 Å². The van der Waals surface area contributed by atoms with E-state index in [0.717, 1.165) is 0 Å². The van der Waals surface area contributed by atoms with Crippen molar-refractivity contribution in [1.82, 2.24) is 0 Å². The van der Waals surface area contributed by atoms with Crippen molar-refractivity contribution in [2.24, 2.45) is 0 Å².